The monoisotopic (exact) mass is 693 g/mol. The molecule has 2 atom stereocenters. The molecule has 1 aromatic heterocycles. The molecule has 0 bridgehead atoms. The number of fused-ring (bicyclic) bond motifs is 1. The third-order valence-electron chi connectivity index (χ3n) is 9.40. The van der Waals surface area contributed by atoms with Crippen LogP contribution in [-0.2, 0) is 29.0 Å². The van der Waals surface area contributed by atoms with Crippen molar-refractivity contribution in [1.82, 2.24) is 19.6 Å². The van der Waals surface area contributed by atoms with Crippen molar-refractivity contribution in [2.24, 2.45) is 5.92 Å². The Morgan fingerprint density at radius 3 is 2.24 bits per heavy atom. The van der Waals surface area contributed by atoms with Gasteiger partial charge in [-0.15, -0.1) is 0 Å². The van der Waals surface area contributed by atoms with Gasteiger partial charge in [0.1, 0.15) is 5.92 Å². The average molecular weight is 694 g/mol. The fraction of sp³-hybridized carbons (Fsp3) is 0.375. The molecule has 11 heteroatoms. The van der Waals surface area contributed by atoms with Crippen molar-refractivity contribution in [3.63, 3.8) is 0 Å². The molecule has 2 unspecified atom stereocenters. The highest BCUT2D eigenvalue weighted by molar-refractivity contribution is 6.06. The number of nitrogens with one attached hydrogen (secondary N) is 1. The van der Waals surface area contributed by atoms with Crippen LogP contribution in [-0.4, -0.2) is 79.2 Å². The van der Waals surface area contributed by atoms with Gasteiger partial charge in [-0.1, -0.05) is 81.3 Å². The topological polar surface area (TPSA) is 145 Å². The first-order chi connectivity index (χ1) is 24.6. The number of aliphatic carboxylic acids is 1. The number of hydrogen-bond acceptors (Lipinski definition) is 6. The minimum atomic E-state index is -1.37. The number of amides is 3. The van der Waals surface area contributed by atoms with E-state index >= 15 is 0 Å². The standard InChI is InChI=1S/C40H47N5O6/c1-4-6-19-43(20-7-5-2)39(49)35-21-27(3)45(42-35)36-18-17-31(41-37(47)34(40(50)51)22-28-13-9-8-10-14-28)24-33(36)38(48)44-25-30-16-12-11-15-29(30)23-32(44)26-46/h8-18,21,24,32,34,46H,4-7,19-20,22-23,25-26H2,1-3H3,(H,41,47)(H,50,51). The lowest BCUT2D eigenvalue weighted by atomic mass is 9.93. The second kappa shape index (κ2) is 17.1. The van der Waals surface area contributed by atoms with E-state index in [0.717, 1.165) is 36.8 Å². The Hall–Kier alpha value is -5.29. The molecular formula is C40H47N5O6. The van der Waals surface area contributed by atoms with Crippen molar-refractivity contribution in [3.8, 4) is 5.69 Å². The van der Waals surface area contributed by atoms with Gasteiger partial charge in [0.2, 0.25) is 5.91 Å². The number of aliphatic hydroxyl groups excluding tert-OH is 1. The molecule has 4 aromatic rings. The van der Waals surface area contributed by atoms with Crippen LogP contribution in [0.3, 0.4) is 0 Å². The second-order valence-electron chi connectivity index (χ2n) is 13.1. The van der Waals surface area contributed by atoms with Crippen LogP contribution in [0.5, 0.6) is 0 Å². The van der Waals surface area contributed by atoms with Crippen molar-refractivity contribution in [2.75, 3.05) is 25.0 Å². The number of unbranched alkanes of at least 4 members (excludes halogenated alkanes) is 2. The first-order valence-corrected chi connectivity index (χ1v) is 17.7. The molecule has 0 spiro atoms. The molecule has 1 aliphatic heterocycles. The number of rotatable bonds is 15. The van der Waals surface area contributed by atoms with E-state index in [-0.39, 0.29) is 42.4 Å². The van der Waals surface area contributed by atoms with Crippen LogP contribution in [0.15, 0.2) is 78.9 Å². The lowest BCUT2D eigenvalue weighted by Gasteiger charge is -2.36. The molecule has 3 N–H and O–H groups in total. The minimum absolute atomic E-state index is 0.00589. The summed E-state index contributed by atoms with van der Waals surface area (Å²) in [7, 11) is 0. The van der Waals surface area contributed by atoms with Crippen molar-refractivity contribution in [2.45, 2.75) is 71.9 Å². The zero-order valence-electron chi connectivity index (χ0n) is 29.5. The van der Waals surface area contributed by atoms with Crippen molar-refractivity contribution in [3.05, 3.63) is 113 Å². The summed E-state index contributed by atoms with van der Waals surface area (Å²) < 4.78 is 1.56. The van der Waals surface area contributed by atoms with Gasteiger partial charge in [-0.25, -0.2) is 4.68 Å². The van der Waals surface area contributed by atoms with E-state index in [9.17, 15) is 29.4 Å². The molecule has 51 heavy (non-hydrogen) atoms. The highest BCUT2D eigenvalue weighted by Crippen LogP contribution is 2.29. The number of carbonyl (C=O) groups is 4. The molecule has 3 amide bonds. The molecule has 11 nitrogen and oxygen atoms in total. The fourth-order valence-electron chi connectivity index (χ4n) is 6.48. The van der Waals surface area contributed by atoms with Crippen molar-refractivity contribution in [1.29, 1.82) is 0 Å². The molecule has 268 valence electrons. The van der Waals surface area contributed by atoms with Crippen LogP contribution in [0.2, 0.25) is 0 Å². The third kappa shape index (κ3) is 8.72. The predicted molar refractivity (Wildman–Crippen MR) is 195 cm³/mol. The zero-order valence-corrected chi connectivity index (χ0v) is 29.5. The predicted octanol–water partition coefficient (Wildman–Crippen LogP) is 5.66. The molecule has 2 heterocycles. The Labute approximate surface area is 298 Å². The highest BCUT2D eigenvalue weighted by atomic mass is 16.4. The number of carbonyl (C=O) groups excluding carboxylic acids is 3. The van der Waals surface area contributed by atoms with E-state index in [1.54, 1.807) is 52.0 Å². The van der Waals surface area contributed by atoms with Crippen molar-refractivity contribution >= 4 is 29.4 Å². The first-order valence-electron chi connectivity index (χ1n) is 17.7. The zero-order chi connectivity index (χ0) is 36.5. The maximum absolute atomic E-state index is 14.6. The number of benzene rings is 3. The average Bonchev–Trinajstić information content (AvgIpc) is 3.53. The van der Waals surface area contributed by atoms with Gasteiger partial charge in [-0.3, -0.25) is 19.2 Å². The molecule has 0 fully saturated rings. The summed E-state index contributed by atoms with van der Waals surface area (Å²) in [6.45, 7) is 7.24. The van der Waals surface area contributed by atoms with Crippen LogP contribution >= 0.6 is 0 Å². The summed E-state index contributed by atoms with van der Waals surface area (Å²) in [5.74, 6) is -3.93. The molecule has 5 rings (SSSR count). The molecule has 0 radical (unpaired) electrons. The van der Waals surface area contributed by atoms with Crippen LogP contribution in [0.4, 0.5) is 5.69 Å². The number of aromatic nitrogens is 2. The van der Waals surface area contributed by atoms with Crippen LogP contribution < -0.4 is 5.32 Å². The maximum Gasteiger partial charge on any atom is 0.316 e. The van der Waals surface area contributed by atoms with E-state index in [1.165, 1.54) is 6.07 Å². The Morgan fingerprint density at radius 1 is 0.922 bits per heavy atom. The van der Waals surface area contributed by atoms with Gasteiger partial charge in [-0.05, 0) is 73.6 Å². The second-order valence-corrected chi connectivity index (χ2v) is 13.1. The maximum atomic E-state index is 14.6. The summed E-state index contributed by atoms with van der Waals surface area (Å²) in [6.07, 6.45) is 4.11. The number of hydrogen-bond donors (Lipinski definition) is 3. The lowest BCUT2D eigenvalue weighted by Crippen LogP contribution is -2.46. The van der Waals surface area contributed by atoms with E-state index < -0.39 is 29.7 Å². The van der Waals surface area contributed by atoms with E-state index in [2.05, 4.69) is 19.2 Å². The van der Waals surface area contributed by atoms with Gasteiger partial charge in [0, 0.05) is 31.0 Å². The van der Waals surface area contributed by atoms with Crippen LogP contribution in [0.1, 0.15) is 82.8 Å². The summed E-state index contributed by atoms with van der Waals surface area (Å²) in [4.78, 5) is 57.3. The van der Waals surface area contributed by atoms with Gasteiger partial charge in [0.05, 0.1) is 23.9 Å². The van der Waals surface area contributed by atoms with Crippen LogP contribution in [0.25, 0.3) is 5.69 Å². The largest absolute Gasteiger partial charge is 0.481 e. The number of aliphatic hydroxyl groups is 1. The number of nitrogens with zero attached hydrogens (tertiary/aromatic N) is 4. The Morgan fingerprint density at radius 2 is 1.59 bits per heavy atom. The number of anilines is 1. The van der Waals surface area contributed by atoms with Gasteiger partial charge in [0.25, 0.3) is 11.8 Å². The molecule has 0 saturated carbocycles. The van der Waals surface area contributed by atoms with Gasteiger partial charge >= 0.3 is 5.97 Å². The SMILES string of the molecule is CCCCN(CCCC)C(=O)c1cc(C)n(-c2ccc(NC(=O)C(Cc3ccccc3)C(=O)O)cc2C(=O)N2Cc3ccccc3CC2CO)n1. The highest BCUT2D eigenvalue weighted by Gasteiger charge is 2.33. The molecule has 3 aromatic carbocycles. The summed E-state index contributed by atoms with van der Waals surface area (Å²) in [5.41, 5.74) is 4.42. The number of aryl methyl sites for hydroxylation is 1. The van der Waals surface area contributed by atoms with E-state index in [1.807, 2.05) is 42.2 Å². The number of carboxylic acids is 1. The molecule has 1 aliphatic rings. The Kier molecular flexibility index (Phi) is 12.4. The minimum Gasteiger partial charge on any atom is -0.481 e. The Balaban J connectivity index is 1.53. The smallest absolute Gasteiger partial charge is 0.316 e. The van der Waals surface area contributed by atoms with E-state index in [0.29, 0.717) is 36.5 Å². The normalized spacial score (nSPS) is 14.4. The van der Waals surface area contributed by atoms with Gasteiger partial charge < -0.3 is 25.3 Å². The molecule has 0 saturated heterocycles. The molecule has 0 aliphatic carbocycles. The van der Waals surface area contributed by atoms with E-state index in [4.69, 9.17) is 5.10 Å². The lowest BCUT2D eigenvalue weighted by molar-refractivity contribution is -0.145. The third-order valence-corrected chi connectivity index (χ3v) is 9.40. The number of carboxylic acid groups (broad SMARTS) is 1. The summed E-state index contributed by atoms with van der Waals surface area (Å²) in [6, 6.07) is 22.7. The first kappa shape index (κ1) is 37.0. The van der Waals surface area contributed by atoms with Crippen LogP contribution in [0, 0.1) is 12.8 Å². The summed E-state index contributed by atoms with van der Waals surface area (Å²) in [5, 5.41) is 27.8. The Bertz CT molecular complexity index is 1850. The summed E-state index contributed by atoms with van der Waals surface area (Å²) >= 11 is 0. The fourth-order valence-corrected chi connectivity index (χ4v) is 6.48. The molecular weight excluding hydrogens is 646 g/mol. The van der Waals surface area contributed by atoms with Gasteiger partial charge in [-0.2, -0.15) is 5.10 Å². The van der Waals surface area contributed by atoms with Gasteiger partial charge in [0.15, 0.2) is 5.69 Å². The quantitative estimate of drug-likeness (QED) is 0.136. The van der Waals surface area contributed by atoms with Crippen molar-refractivity contribution < 1.29 is 29.4 Å².